The molecule has 0 aliphatic heterocycles. The number of likely N-dealkylation sites (N-methyl/N-ethyl adjacent to an activating group) is 1. The number of rotatable bonds is 10. The van der Waals surface area contributed by atoms with E-state index in [1.165, 1.54) is 12.1 Å². The van der Waals surface area contributed by atoms with Crippen LogP contribution in [0.15, 0.2) is 18.2 Å². The summed E-state index contributed by atoms with van der Waals surface area (Å²) in [4.78, 5) is 38.0. The van der Waals surface area contributed by atoms with Crippen LogP contribution in [-0.2, 0) is 9.59 Å². The fourth-order valence-corrected chi connectivity index (χ4v) is 3.04. The Bertz CT molecular complexity index is 664. The molecule has 0 saturated carbocycles. The number of carbonyl (C=O) groups is 3. The van der Waals surface area contributed by atoms with Crippen LogP contribution in [0.5, 0.6) is 0 Å². The van der Waals surface area contributed by atoms with Crippen LogP contribution in [0.4, 0.5) is 0 Å². The van der Waals surface area contributed by atoms with Crippen molar-refractivity contribution < 1.29 is 14.4 Å². The van der Waals surface area contributed by atoms with Gasteiger partial charge in [-0.1, -0.05) is 49.9 Å². The molecule has 0 aliphatic rings. The third kappa shape index (κ3) is 7.77. The monoisotopic (exact) mass is 415 g/mol. The maximum atomic E-state index is 12.3. The zero-order valence-corrected chi connectivity index (χ0v) is 17.5. The van der Waals surface area contributed by atoms with Gasteiger partial charge in [-0.15, -0.1) is 0 Å². The van der Waals surface area contributed by atoms with E-state index in [4.69, 9.17) is 23.2 Å². The van der Waals surface area contributed by atoms with Gasteiger partial charge in [-0.25, -0.2) is 0 Å². The summed E-state index contributed by atoms with van der Waals surface area (Å²) in [6, 6.07) is 4.48. The maximum Gasteiger partial charge on any atom is 0.253 e. The number of benzene rings is 1. The van der Waals surface area contributed by atoms with E-state index in [0.29, 0.717) is 24.0 Å². The van der Waals surface area contributed by atoms with Crippen molar-refractivity contribution in [1.82, 2.24) is 15.5 Å². The molecule has 0 unspecified atom stereocenters. The number of nitrogens with one attached hydrogen (secondary N) is 2. The summed E-state index contributed by atoms with van der Waals surface area (Å²) in [6.07, 6.45) is 2.01. The molecule has 1 aromatic carbocycles. The van der Waals surface area contributed by atoms with E-state index < -0.39 is 11.8 Å². The summed E-state index contributed by atoms with van der Waals surface area (Å²) in [5.74, 6) is -0.611. The second-order valence-electron chi connectivity index (χ2n) is 6.20. The Morgan fingerprint density at radius 3 is 2.26 bits per heavy atom. The van der Waals surface area contributed by atoms with Crippen LogP contribution in [0.3, 0.4) is 0 Å². The van der Waals surface area contributed by atoms with Crippen LogP contribution in [0.25, 0.3) is 0 Å². The van der Waals surface area contributed by atoms with E-state index in [0.717, 1.165) is 12.8 Å². The molecule has 0 saturated heterocycles. The lowest BCUT2D eigenvalue weighted by Crippen LogP contribution is -2.44. The Labute approximate surface area is 170 Å². The fourth-order valence-electron chi connectivity index (χ4n) is 2.54. The highest BCUT2D eigenvalue weighted by Crippen LogP contribution is 2.20. The Balaban J connectivity index is 2.45. The smallest absolute Gasteiger partial charge is 0.253 e. The highest BCUT2D eigenvalue weighted by Gasteiger charge is 2.17. The van der Waals surface area contributed by atoms with Gasteiger partial charge in [0.2, 0.25) is 11.8 Å². The molecule has 150 valence electrons. The van der Waals surface area contributed by atoms with E-state index >= 15 is 0 Å². The third-order valence-electron chi connectivity index (χ3n) is 4.39. The molecule has 1 rings (SSSR count). The van der Waals surface area contributed by atoms with Crippen molar-refractivity contribution in [2.24, 2.45) is 5.92 Å². The molecule has 0 aromatic heterocycles. The summed E-state index contributed by atoms with van der Waals surface area (Å²) in [5, 5.41) is 5.63. The number of nitrogens with zero attached hydrogens (tertiary/aromatic N) is 1. The van der Waals surface area contributed by atoms with E-state index in [2.05, 4.69) is 24.5 Å². The van der Waals surface area contributed by atoms with Crippen LogP contribution in [0.2, 0.25) is 10.0 Å². The second kappa shape index (κ2) is 11.8. The van der Waals surface area contributed by atoms with E-state index in [1.807, 2.05) is 6.92 Å². The van der Waals surface area contributed by atoms with Crippen LogP contribution in [-0.4, -0.2) is 48.8 Å². The molecule has 0 atom stereocenters. The van der Waals surface area contributed by atoms with E-state index in [1.54, 1.807) is 11.0 Å². The summed E-state index contributed by atoms with van der Waals surface area (Å²) in [6.45, 7) is 7.06. The van der Waals surface area contributed by atoms with Gasteiger partial charge in [-0.05, 0) is 31.0 Å². The zero-order valence-electron chi connectivity index (χ0n) is 16.0. The molecule has 0 bridgehead atoms. The Kier molecular flexibility index (Phi) is 10.2. The topological polar surface area (TPSA) is 78.5 Å². The van der Waals surface area contributed by atoms with E-state index in [9.17, 15) is 14.4 Å². The lowest BCUT2D eigenvalue weighted by molar-refractivity contribution is -0.133. The van der Waals surface area contributed by atoms with Gasteiger partial charge in [0.05, 0.1) is 23.7 Å². The number of hydrogen-bond acceptors (Lipinski definition) is 3. The van der Waals surface area contributed by atoms with Crippen molar-refractivity contribution in [2.75, 3.05) is 26.2 Å². The van der Waals surface area contributed by atoms with Crippen LogP contribution in [0, 0.1) is 5.92 Å². The predicted octanol–water partition coefficient (Wildman–Crippen LogP) is 3.12. The Morgan fingerprint density at radius 1 is 1.04 bits per heavy atom. The Morgan fingerprint density at radius 2 is 1.70 bits per heavy atom. The van der Waals surface area contributed by atoms with Crippen molar-refractivity contribution in [1.29, 1.82) is 0 Å². The number of hydrogen-bond donors (Lipinski definition) is 2. The highest BCUT2D eigenvalue weighted by atomic mass is 35.5. The maximum absolute atomic E-state index is 12.3. The van der Waals surface area contributed by atoms with E-state index in [-0.39, 0.29) is 29.6 Å². The average Bonchev–Trinajstić information content (AvgIpc) is 2.65. The first kappa shape index (κ1) is 23.2. The van der Waals surface area contributed by atoms with Gasteiger partial charge < -0.3 is 15.5 Å². The molecular formula is C19H27Cl2N3O3. The second-order valence-corrected chi connectivity index (χ2v) is 7.04. The minimum atomic E-state index is -0.484. The molecular weight excluding hydrogens is 389 g/mol. The highest BCUT2D eigenvalue weighted by molar-refractivity contribution is 6.36. The van der Waals surface area contributed by atoms with Gasteiger partial charge in [0, 0.05) is 18.1 Å². The van der Waals surface area contributed by atoms with Gasteiger partial charge in [-0.3, -0.25) is 14.4 Å². The standard InChI is InChI=1S/C19H27Cl2N3O3/c1-4-13(5-2)12-24(6-3)18(26)11-22-17(25)10-23-19(27)15-8-7-14(20)9-16(15)21/h7-9,13H,4-6,10-12H2,1-3H3,(H,22,25)(H,23,27). The Hall–Kier alpha value is -1.79. The molecule has 0 radical (unpaired) electrons. The third-order valence-corrected chi connectivity index (χ3v) is 4.94. The minimum absolute atomic E-state index is 0.0929. The van der Waals surface area contributed by atoms with Crippen LogP contribution in [0.1, 0.15) is 44.0 Å². The van der Waals surface area contributed by atoms with Gasteiger partial charge >= 0.3 is 0 Å². The molecule has 0 fully saturated rings. The van der Waals surface area contributed by atoms with Crippen molar-refractivity contribution in [3.8, 4) is 0 Å². The van der Waals surface area contributed by atoms with Crippen LogP contribution >= 0.6 is 23.2 Å². The quantitative estimate of drug-likeness (QED) is 0.615. The summed E-state index contributed by atoms with van der Waals surface area (Å²) >= 11 is 11.8. The predicted molar refractivity (Wildman–Crippen MR) is 108 cm³/mol. The fraction of sp³-hybridized carbons (Fsp3) is 0.526. The van der Waals surface area contributed by atoms with Crippen molar-refractivity contribution >= 4 is 40.9 Å². The first-order valence-electron chi connectivity index (χ1n) is 9.09. The minimum Gasteiger partial charge on any atom is -0.345 e. The van der Waals surface area contributed by atoms with Gasteiger partial charge in [-0.2, -0.15) is 0 Å². The first-order valence-corrected chi connectivity index (χ1v) is 9.85. The number of carbonyl (C=O) groups excluding carboxylic acids is 3. The summed E-state index contributed by atoms with van der Waals surface area (Å²) in [5.41, 5.74) is 0.229. The van der Waals surface area contributed by atoms with Crippen LogP contribution < -0.4 is 10.6 Å². The van der Waals surface area contributed by atoms with Gasteiger partial charge in [0.15, 0.2) is 0 Å². The average molecular weight is 416 g/mol. The molecule has 1 aromatic rings. The van der Waals surface area contributed by atoms with Crippen molar-refractivity contribution in [2.45, 2.75) is 33.6 Å². The first-order chi connectivity index (χ1) is 12.8. The molecule has 8 heteroatoms. The molecule has 6 nitrogen and oxygen atoms in total. The molecule has 0 heterocycles. The zero-order chi connectivity index (χ0) is 20.4. The van der Waals surface area contributed by atoms with Gasteiger partial charge in [0.1, 0.15) is 0 Å². The molecule has 2 N–H and O–H groups in total. The van der Waals surface area contributed by atoms with Crippen molar-refractivity contribution in [3.63, 3.8) is 0 Å². The largest absolute Gasteiger partial charge is 0.345 e. The normalized spacial score (nSPS) is 10.6. The lowest BCUT2D eigenvalue weighted by Gasteiger charge is -2.25. The van der Waals surface area contributed by atoms with Gasteiger partial charge in [0.25, 0.3) is 5.91 Å². The molecule has 27 heavy (non-hydrogen) atoms. The lowest BCUT2D eigenvalue weighted by atomic mass is 10.0. The summed E-state index contributed by atoms with van der Waals surface area (Å²) < 4.78 is 0. The molecule has 3 amide bonds. The summed E-state index contributed by atoms with van der Waals surface area (Å²) in [7, 11) is 0. The SMILES string of the molecule is CCC(CC)CN(CC)C(=O)CNC(=O)CNC(=O)c1ccc(Cl)cc1Cl. The molecule has 0 spiro atoms. The van der Waals surface area contributed by atoms with Crippen molar-refractivity contribution in [3.05, 3.63) is 33.8 Å². The number of halogens is 2. The number of amides is 3. The molecule has 0 aliphatic carbocycles.